The summed E-state index contributed by atoms with van der Waals surface area (Å²) in [6.45, 7) is 0. The number of rotatable bonds is 1. The van der Waals surface area contributed by atoms with Crippen LogP contribution in [0.4, 0.5) is 0 Å². The molecule has 2 nitrogen and oxygen atoms in total. The van der Waals surface area contributed by atoms with E-state index in [1.807, 2.05) is 0 Å². The van der Waals surface area contributed by atoms with Crippen LogP contribution >= 0.6 is 27.3 Å². The van der Waals surface area contributed by atoms with Gasteiger partial charge in [0.15, 0.2) is 6.10 Å². The van der Waals surface area contributed by atoms with Crippen LogP contribution in [0, 0.1) is 12.3 Å². The Kier molecular flexibility index (Phi) is 2.44. The topological polar surface area (TPSA) is 33.1 Å². The molecule has 1 rings (SSSR count). The van der Waals surface area contributed by atoms with Gasteiger partial charge in [-0.05, 0) is 15.9 Å². The van der Waals surface area contributed by atoms with Gasteiger partial charge in [0.1, 0.15) is 5.69 Å². The maximum absolute atomic E-state index is 9.08. The summed E-state index contributed by atoms with van der Waals surface area (Å²) >= 11 is 4.61. The number of aliphatic hydroxyl groups is 1. The molecule has 0 amide bonds. The van der Waals surface area contributed by atoms with Crippen molar-refractivity contribution >= 4 is 27.3 Å². The van der Waals surface area contributed by atoms with Gasteiger partial charge in [-0.25, -0.2) is 4.98 Å². The molecule has 0 saturated heterocycles. The Labute approximate surface area is 71.0 Å². The van der Waals surface area contributed by atoms with Crippen molar-refractivity contribution in [2.45, 2.75) is 6.10 Å². The van der Waals surface area contributed by atoms with E-state index in [1.54, 1.807) is 5.51 Å². The van der Waals surface area contributed by atoms with Gasteiger partial charge in [-0.3, -0.25) is 0 Å². The van der Waals surface area contributed by atoms with Crippen LogP contribution in [-0.2, 0) is 0 Å². The standard InChI is InChI=1S/C6H4BrNOS/c1-2-4(9)5-6(7)10-3-8-5/h1,3-4,9H. The van der Waals surface area contributed by atoms with Gasteiger partial charge in [-0.2, -0.15) is 0 Å². The van der Waals surface area contributed by atoms with Crippen LogP contribution in [0.1, 0.15) is 11.8 Å². The third kappa shape index (κ3) is 1.37. The van der Waals surface area contributed by atoms with E-state index in [0.717, 1.165) is 3.79 Å². The molecule has 1 aromatic rings. The average molecular weight is 218 g/mol. The highest BCUT2D eigenvalue weighted by atomic mass is 79.9. The average Bonchev–Trinajstić information content (AvgIpc) is 2.34. The highest BCUT2D eigenvalue weighted by molar-refractivity contribution is 9.11. The Morgan fingerprint density at radius 1 is 1.90 bits per heavy atom. The SMILES string of the molecule is C#CC(O)c1ncsc1Br. The van der Waals surface area contributed by atoms with Crippen LogP contribution in [0.2, 0.25) is 0 Å². The maximum Gasteiger partial charge on any atom is 0.158 e. The van der Waals surface area contributed by atoms with Gasteiger partial charge < -0.3 is 5.11 Å². The Balaban J connectivity index is 2.96. The van der Waals surface area contributed by atoms with Crippen molar-refractivity contribution in [3.63, 3.8) is 0 Å². The molecule has 0 aliphatic heterocycles. The largest absolute Gasteiger partial charge is 0.374 e. The van der Waals surface area contributed by atoms with Gasteiger partial charge in [-0.1, -0.05) is 5.92 Å². The molecule has 52 valence electrons. The summed E-state index contributed by atoms with van der Waals surface area (Å²) < 4.78 is 0.790. The molecule has 0 saturated carbocycles. The molecule has 0 radical (unpaired) electrons. The smallest absolute Gasteiger partial charge is 0.158 e. The zero-order chi connectivity index (χ0) is 7.56. The molecule has 0 fully saturated rings. The quantitative estimate of drug-likeness (QED) is 0.726. The third-order valence-corrected chi connectivity index (χ3v) is 2.56. The van der Waals surface area contributed by atoms with E-state index >= 15 is 0 Å². The Morgan fingerprint density at radius 3 is 3.00 bits per heavy atom. The van der Waals surface area contributed by atoms with Gasteiger partial charge >= 0.3 is 0 Å². The highest BCUT2D eigenvalue weighted by Gasteiger charge is 2.09. The number of nitrogens with zero attached hydrogens (tertiary/aromatic N) is 1. The lowest BCUT2D eigenvalue weighted by molar-refractivity contribution is 0.233. The molecule has 1 N–H and O–H groups in total. The number of halogens is 1. The lowest BCUT2D eigenvalue weighted by atomic mass is 10.3. The Bertz CT molecular complexity index is 265. The third-order valence-electron chi connectivity index (χ3n) is 0.966. The van der Waals surface area contributed by atoms with Gasteiger partial charge in [0.25, 0.3) is 0 Å². The van der Waals surface area contributed by atoms with Crippen molar-refractivity contribution in [1.82, 2.24) is 4.98 Å². The van der Waals surface area contributed by atoms with E-state index in [2.05, 4.69) is 26.8 Å². The number of aliphatic hydroxyl groups excluding tert-OH is 1. The van der Waals surface area contributed by atoms with Crippen molar-refractivity contribution in [2.24, 2.45) is 0 Å². The first-order valence-corrected chi connectivity index (χ1v) is 4.16. The van der Waals surface area contributed by atoms with Crippen LogP contribution < -0.4 is 0 Å². The molecule has 4 heteroatoms. The molecule has 0 aliphatic carbocycles. The fourth-order valence-electron chi connectivity index (χ4n) is 0.498. The fraction of sp³-hybridized carbons (Fsp3) is 0.167. The highest BCUT2D eigenvalue weighted by Crippen LogP contribution is 2.25. The van der Waals surface area contributed by atoms with Gasteiger partial charge in [-0.15, -0.1) is 17.8 Å². The van der Waals surface area contributed by atoms with E-state index in [-0.39, 0.29) is 0 Å². The second-order valence-electron chi connectivity index (χ2n) is 1.58. The summed E-state index contributed by atoms with van der Waals surface area (Å²) in [5.41, 5.74) is 2.15. The molecule has 10 heavy (non-hydrogen) atoms. The predicted molar refractivity (Wildman–Crippen MR) is 43.6 cm³/mol. The zero-order valence-electron chi connectivity index (χ0n) is 4.91. The van der Waals surface area contributed by atoms with Crippen molar-refractivity contribution in [3.8, 4) is 12.3 Å². The normalized spacial score (nSPS) is 12.5. The molecule has 1 aromatic heterocycles. The molecule has 0 bridgehead atoms. The molecular weight excluding hydrogens is 214 g/mol. The number of aromatic nitrogens is 1. The second-order valence-corrected chi connectivity index (χ2v) is 3.75. The first-order valence-electron chi connectivity index (χ1n) is 2.48. The molecular formula is C6H4BrNOS. The monoisotopic (exact) mass is 217 g/mol. The molecule has 0 aliphatic rings. The van der Waals surface area contributed by atoms with E-state index in [0.29, 0.717) is 5.69 Å². The lowest BCUT2D eigenvalue weighted by Gasteiger charge is -1.96. The van der Waals surface area contributed by atoms with E-state index in [9.17, 15) is 0 Å². The van der Waals surface area contributed by atoms with Crippen LogP contribution in [0.3, 0.4) is 0 Å². The summed E-state index contributed by atoms with van der Waals surface area (Å²) in [6, 6.07) is 0. The summed E-state index contributed by atoms with van der Waals surface area (Å²) in [5.74, 6) is 2.18. The number of terminal acetylenes is 1. The maximum atomic E-state index is 9.08. The Hall–Kier alpha value is -0.370. The summed E-state index contributed by atoms with van der Waals surface area (Å²) in [5, 5.41) is 9.08. The Morgan fingerprint density at radius 2 is 2.60 bits per heavy atom. The molecule has 1 atom stereocenters. The van der Waals surface area contributed by atoms with Gasteiger partial charge in [0.2, 0.25) is 0 Å². The predicted octanol–water partition coefficient (Wildman–Crippen LogP) is 1.57. The molecule has 1 unspecified atom stereocenters. The molecule has 0 spiro atoms. The number of hydrogen-bond donors (Lipinski definition) is 1. The number of thiazole rings is 1. The van der Waals surface area contributed by atoms with E-state index in [1.165, 1.54) is 11.3 Å². The van der Waals surface area contributed by atoms with Gasteiger partial charge in [0, 0.05) is 0 Å². The second kappa shape index (κ2) is 3.15. The first kappa shape index (κ1) is 7.73. The van der Waals surface area contributed by atoms with Crippen LogP contribution in [0.15, 0.2) is 9.30 Å². The fourth-order valence-corrected chi connectivity index (χ4v) is 1.61. The van der Waals surface area contributed by atoms with E-state index < -0.39 is 6.10 Å². The zero-order valence-corrected chi connectivity index (χ0v) is 7.32. The van der Waals surface area contributed by atoms with Gasteiger partial charge in [0.05, 0.1) is 9.30 Å². The van der Waals surface area contributed by atoms with E-state index in [4.69, 9.17) is 11.5 Å². The summed E-state index contributed by atoms with van der Waals surface area (Å²) in [6.07, 6.45) is 4.09. The lowest BCUT2D eigenvalue weighted by Crippen LogP contribution is -1.93. The van der Waals surface area contributed by atoms with Crippen LogP contribution in [0.25, 0.3) is 0 Å². The summed E-state index contributed by atoms with van der Waals surface area (Å²) in [7, 11) is 0. The van der Waals surface area contributed by atoms with Crippen LogP contribution in [0.5, 0.6) is 0 Å². The minimum atomic E-state index is -0.888. The van der Waals surface area contributed by atoms with Crippen molar-refractivity contribution in [2.75, 3.05) is 0 Å². The van der Waals surface area contributed by atoms with Crippen molar-refractivity contribution in [3.05, 3.63) is 15.0 Å². The van der Waals surface area contributed by atoms with Crippen molar-refractivity contribution in [1.29, 1.82) is 0 Å². The summed E-state index contributed by atoms with van der Waals surface area (Å²) in [4.78, 5) is 3.87. The van der Waals surface area contributed by atoms with Crippen LogP contribution in [-0.4, -0.2) is 10.1 Å². The number of hydrogen-bond acceptors (Lipinski definition) is 3. The minimum absolute atomic E-state index is 0.521. The molecule has 1 heterocycles. The minimum Gasteiger partial charge on any atom is -0.374 e. The van der Waals surface area contributed by atoms with Crippen molar-refractivity contribution < 1.29 is 5.11 Å². The first-order chi connectivity index (χ1) is 4.75. The molecule has 0 aromatic carbocycles.